The molecule has 0 spiro atoms. The summed E-state index contributed by atoms with van der Waals surface area (Å²) in [6, 6.07) is 20.4. The highest BCUT2D eigenvalue weighted by atomic mass is 32.2. The van der Waals surface area contributed by atoms with Crippen LogP contribution in [0.2, 0.25) is 0 Å². The highest BCUT2D eigenvalue weighted by molar-refractivity contribution is 7.92. The predicted molar refractivity (Wildman–Crippen MR) is 170 cm³/mol. The Balaban J connectivity index is 1.70. The van der Waals surface area contributed by atoms with Crippen molar-refractivity contribution in [2.45, 2.75) is 83.3 Å². The summed E-state index contributed by atoms with van der Waals surface area (Å²) in [5.41, 5.74) is 3.24. The van der Waals surface area contributed by atoms with E-state index in [1.165, 1.54) is 17.0 Å². The third-order valence-corrected chi connectivity index (χ3v) is 9.63. The van der Waals surface area contributed by atoms with Crippen LogP contribution in [0.1, 0.15) is 62.6 Å². The van der Waals surface area contributed by atoms with Gasteiger partial charge in [0.15, 0.2) is 0 Å². The zero-order valence-electron chi connectivity index (χ0n) is 25.6. The first-order chi connectivity index (χ1) is 20.6. The van der Waals surface area contributed by atoms with Gasteiger partial charge in [0.1, 0.15) is 18.3 Å². The molecule has 9 heteroatoms. The van der Waals surface area contributed by atoms with Gasteiger partial charge >= 0.3 is 0 Å². The van der Waals surface area contributed by atoms with Crippen molar-refractivity contribution < 1.29 is 22.7 Å². The summed E-state index contributed by atoms with van der Waals surface area (Å²) in [5, 5.41) is 3.15. The number of ether oxygens (including phenoxy) is 1. The molecule has 2 amide bonds. The van der Waals surface area contributed by atoms with Gasteiger partial charge in [-0.25, -0.2) is 8.42 Å². The summed E-state index contributed by atoms with van der Waals surface area (Å²) in [7, 11) is -4.15. The summed E-state index contributed by atoms with van der Waals surface area (Å²) < 4.78 is 34.8. The Labute approximate surface area is 256 Å². The number of carbonyl (C=O) groups is 2. The second-order valence-corrected chi connectivity index (χ2v) is 13.0. The van der Waals surface area contributed by atoms with E-state index in [0.717, 1.165) is 46.7 Å². The van der Waals surface area contributed by atoms with Crippen LogP contribution in [-0.4, -0.2) is 50.4 Å². The van der Waals surface area contributed by atoms with Crippen LogP contribution in [0.5, 0.6) is 5.75 Å². The molecular formula is C34H43N3O5S. The normalized spacial score (nSPS) is 14.2. The van der Waals surface area contributed by atoms with E-state index in [4.69, 9.17) is 4.74 Å². The molecule has 230 valence electrons. The van der Waals surface area contributed by atoms with Gasteiger partial charge in [0, 0.05) is 12.6 Å². The highest BCUT2D eigenvalue weighted by Gasteiger charge is 2.34. The summed E-state index contributed by atoms with van der Waals surface area (Å²) in [6.07, 6.45) is 4.39. The largest absolute Gasteiger partial charge is 0.494 e. The quantitative estimate of drug-likeness (QED) is 0.267. The standard InChI is InChI=1S/C34H43N3O5S/c1-5-32(34(39)35-28-12-7-8-13-28)36(23-27-11-9-10-26(4)22-27)33(38)24-37(29-16-14-25(3)15-17-29)43(40,41)31-20-18-30(19-21-31)42-6-2/h9-11,14-22,28,32H,5-8,12-13,23-24H2,1-4H3,(H,35,39)/t32-/m0/s1. The molecule has 1 atom stereocenters. The monoisotopic (exact) mass is 605 g/mol. The molecule has 0 unspecified atom stereocenters. The maximum Gasteiger partial charge on any atom is 0.264 e. The van der Waals surface area contributed by atoms with Gasteiger partial charge < -0.3 is 15.0 Å². The Morgan fingerprint density at radius 3 is 2.21 bits per heavy atom. The number of anilines is 1. The van der Waals surface area contributed by atoms with E-state index >= 15 is 0 Å². The molecular weight excluding hydrogens is 562 g/mol. The Morgan fingerprint density at radius 2 is 1.60 bits per heavy atom. The van der Waals surface area contributed by atoms with Crippen LogP contribution in [0.15, 0.2) is 77.7 Å². The van der Waals surface area contributed by atoms with Crippen LogP contribution in [0, 0.1) is 13.8 Å². The van der Waals surface area contributed by atoms with Crippen molar-refractivity contribution in [3.05, 3.63) is 89.5 Å². The Morgan fingerprint density at radius 1 is 0.930 bits per heavy atom. The fraction of sp³-hybridized carbons (Fsp3) is 0.412. The van der Waals surface area contributed by atoms with Crippen molar-refractivity contribution in [1.29, 1.82) is 0 Å². The van der Waals surface area contributed by atoms with E-state index in [1.54, 1.807) is 24.3 Å². The fourth-order valence-electron chi connectivity index (χ4n) is 5.54. The Bertz CT molecular complexity index is 1480. The van der Waals surface area contributed by atoms with Crippen LogP contribution >= 0.6 is 0 Å². The molecule has 1 fully saturated rings. The number of hydrogen-bond acceptors (Lipinski definition) is 5. The second kappa shape index (κ2) is 14.6. The number of amides is 2. The molecule has 0 heterocycles. The van der Waals surface area contributed by atoms with E-state index in [2.05, 4.69) is 5.32 Å². The minimum Gasteiger partial charge on any atom is -0.494 e. The maximum atomic E-state index is 14.3. The van der Waals surface area contributed by atoms with Gasteiger partial charge in [0.2, 0.25) is 11.8 Å². The van der Waals surface area contributed by atoms with E-state index in [0.29, 0.717) is 24.5 Å². The number of sulfonamides is 1. The van der Waals surface area contributed by atoms with Gasteiger partial charge in [0.05, 0.1) is 17.2 Å². The fourth-order valence-corrected chi connectivity index (χ4v) is 6.95. The van der Waals surface area contributed by atoms with Crippen molar-refractivity contribution in [3.8, 4) is 5.75 Å². The minimum absolute atomic E-state index is 0.0422. The van der Waals surface area contributed by atoms with Gasteiger partial charge in [-0.05, 0) is 82.0 Å². The molecule has 4 rings (SSSR count). The lowest BCUT2D eigenvalue weighted by atomic mass is 10.1. The molecule has 0 aromatic heterocycles. The number of carbonyl (C=O) groups excluding carboxylic acids is 2. The summed E-state index contributed by atoms with van der Waals surface area (Å²) in [6.45, 7) is 7.81. The molecule has 1 saturated carbocycles. The third kappa shape index (κ3) is 8.16. The molecule has 1 aliphatic carbocycles. The lowest BCUT2D eigenvalue weighted by Gasteiger charge is -2.34. The van der Waals surface area contributed by atoms with Crippen molar-refractivity contribution in [1.82, 2.24) is 10.2 Å². The average molecular weight is 606 g/mol. The number of benzene rings is 3. The van der Waals surface area contributed by atoms with E-state index < -0.39 is 28.5 Å². The minimum atomic E-state index is -4.15. The van der Waals surface area contributed by atoms with E-state index in [1.807, 2.05) is 64.1 Å². The predicted octanol–water partition coefficient (Wildman–Crippen LogP) is 5.76. The smallest absolute Gasteiger partial charge is 0.264 e. The molecule has 3 aromatic rings. The first-order valence-electron chi connectivity index (χ1n) is 15.1. The number of nitrogens with zero attached hydrogens (tertiary/aromatic N) is 2. The molecule has 1 N–H and O–H groups in total. The molecule has 0 aliphatic heterocycles. The van der Waals surface area contributed by atoms with Crippen molar-refractivity contribution >= 4 is 27.5 Å². The van der Waals surface area contributed by atoms with Crippen LogP contribution < -0.4 is 14.4 Å². The van der Waals surface area contributed by atoms with Gasteiger partial charge in [-0.15, -0.1) is 0 Å². The summed E-state index contributed by atoms with van der Waals surface area (Å²) in [4.78, 5) is 29.4. The van der Waals surface area contributed by atoms with E-state index in [9.17, 15) is 18.0 Å². The average Bonchev–Trinajstić information content (AvgIpc) is 3.50. The lowest BCUT2D eigenvalue weighted by molar-refractivity contribution is -0.140. The SMILES string of the molecule is CCOc1ccc(S(=O)(=O)N(CC(=O)N(Cc2cccc(C)c2)[C@@H](CC)C(=O)NC2CCCC2)c2ccc(C)cc2)cc1. The number of rotatable bonds is 13. The molecule has 8 nitrogen and oxygen atoms in total. The summed E-state index contributed by atoms with van der Waals surface area (Å²) in [5.74, 6) is -0.0977. The third-order valence-electron chi connectivity index (χ3n) is 7.85. The highest BCUT2D eigenvalue weighted by Crippen LogP contribution is 2.27. The zero-order valence-corrected chi connectivity index (χ0v) is 26.4. The maximum absolute atomic E-state index is 14.3. The Hall–Kier alpha value is -3.85. The molecule has 0 radical (unpaired) electrons. The van der Waals surface area contributed by atoms with Crippen LogP contribution in [0.3, 0.4) is 0 Å². The van der Waals surface area contributed by atoms with Gasteiger partial charge in [0.25, 0.3) is 10.0 Å². The molecule has 0 bridgehead atoms. The van der Waals surface area contributed by atoms with Gasteiger partial charge in [-0.1, -0.05) is 67.3 Å². The van der Waals surface area contributed by atoms with Crippen LogP contribution in [-0.2, 0) is 26.2 Å². The first-order valence-corrected chi connectivity index (χ1v) is 16.5. The van der Waals surface area contributed by atoms with Crippen molar-refractivity contribution in [2.24, 2.45) is 0 Å². The van der Waals surface area contributed by atoms with Crippen LogP contribution in [0.4, 0.5) is 5.69 Å². The molecule has 43 heavy (non-hydrogen) atoms. The van der Waals surface area contributed by atoms with Gasteiger partial charge in [-0.2, -0.15) is 0 Å². The molecule has 0 saturated heterocycles. The Kier molecular flexibility index (Phi) is 10.9. The number of nitrogens with one attached hydrogen (secondary N) is 1. The summed E-state index contributed by atoms with van der Waals surface area (Å²) >= 11 is 0. The first kappa shape index (κ1) is 32.1. The molecule has 1 aliphatic rings. The topological polar surface area (TPSA) is 96.0 Å². The van der Waals surface area contributed by atoms with E-state index in [-0.39, 0.29) is 23.4 Å². The number of aryl methyl sites for hydroxylation is 2. The second-order valence-electron chi connectivity index (χ2n) is 11.2. The number of hydrogen-bond donors (Lipinski definition) is 1. The van der Waals surface area contributed by atoms with Crippen molar-refractivity contribution in [3.63, 3.8) is 0 Å². The van der Waals surface area contributed by atoms with Gasteiger partial charge in [-0.3, -0.25) is 13.9 Å². The van der Waals surface area contributed by atoms with Crippen molar-refractivity contribution in [2.75, 3.05) is 17.5 Å². The lowest BCUT2D eigenvalue weighted by Crippen LogP contribution is -2.53. The zero-order chi connectivity index (χ0) is 31.0. The molecule has 3 aromatic carbocycles. The van der Waals surface area contributed by atoms with Crippen LogP contribution in [0.25, 0.3) is 0 Å².